The van der Waals surface area contributed by atoms with E-state index in [9.17, 15) is 9.59 Å². The minimum atomic E-state index is -0.287. The van der Waals surface area contributed by atoms with Gasteiger partial charge in [-0.25, -0.2) is 4.79 Å². The number of benzene rings is 2. The van der Waals surface area contributed by atoms with Crippen molar-refractivity contribution in [1.82, 2.24) is 10.2 Å². The zero-order chi connectivity index (χ0) is 21.3. The van der Waals surface area contributed by atoms with Crippen LogP contribution in [0.2, 0.25) is 5.02 Å². The van der Waals surface area contributed by atoms with Crippen LogP contribution in [0.25, 0.3) is 0 Å². The lowest BCUT2D eigenvalue weighted by atomic mass is 10.2. The van der Waals surface area contributed by atoms with E-state index in [1.54, 1.807) is 18.2 Å². The minimum Gasteiger partial charge on any atom is -0.496 e. The third-order valence-electron chi connectivity index (χ3n) is 5.12. The van der Waals surface area contributed by atoms with Gasteiger partial charge < -0.3 is 20.3 Å². The number of amides is 2. The Morgan fingerprint density at radius 1 is 1.13 bits per heavy atom. The van der Waals surface area contributed by atoms with Gasteiger partial charge in [0.25, 0.3) is 0 Å². The number of aldehydes is 1. The van der Waals surface area contributed by atoms with E-state index < -0.39 is 0 Å². The third-order valence-corrected chi connectivity index (χ3v) is 5.37. The molecular formula is C22H27ClN4O3. The first-order chi connectivity index (χ1) is 14.6. The molecule has 2 aromatic rings. The molecule has 30 heavy (non-hydrogen) atoms. The summed E-state index contributed by atoms with van der Waals surface area (Å²) in [4.78, 5) is 27.9. The van der Waals surface area contributed by atoms with Crippen LogP contribution in [0, 0.1) is 0 Å². The lowest BCUT2D eigenvalue weighted by molar-refractivity contribution is 0.112. The molecular weight excluding hydrogens is 404 g/mol. The van der Waals surface area contributed by atoms with Crippen LogP contribution in [0.3, 0.4) is 0 Å². The Hall–Kier alpha value is -2.77. The molecule has 0 unspecified atom stereocenters. The topological polar surface area (TPSA) is 73.9 Å². The summed E-state index contributed by atoms with van der Waals surface area (Å²) in [6.45, 7) is 5.47. The molecule has 0 atom stereocenters. The monoisotopic (exact) mass is 430 g/mol. The van der Waals surface area contributed by atoms with Crippen molar-refractivity contribution in [2.75, 3.05) is 56.6 Å². The van der Waals surface area contributed by atoms with Crippen LogP contribution in [-0.2, 0) is 0 Å². The molecule has 0 bridgehead atoms. The van der Waals surface area contributed by atoms with Gasteiger partial charge in [-0.05, 0) is 55.4 Å². The van der Waals surface area contributed by atoms with Crippen molar-refractivity contribution in [2.45, 2.75) is 6.42 Å². The molecule has 1 aliphatic rings. The number of rotatable bonds is 8. The minimum absolute atomic E-state index is 0.287. The third kappa shape index (κ3) is 6.11. The van der Waals surface area contributed by atoms with E-state index in [0.717, 1.165) is 44.2 Å². The number of anilines is 2. The van der Waals surface area contributed by atoms with Crippen LogP contribution >= 0.6 is 11.6 Å². The fourth-order valence-corrected chi connectivity index (χ4v) is 3.59. The number of piperazine rings is 1. The van der Waals surface area contributed by atoms with E-state index in [1.807, 2.05) is 12.1 Å². The number of hydrogen-bond donors (Lipinski definition) is 2. The first-order valence-electron chi connectivity index (χ1n) is 10.00. The predicted octanol–water partition coefficient (Wildman–Crippen LogP) is 3.49. The summed E-state index contributed by atoms with van der Waals surface area (Å²) in [5.41, 5.74) is 2.15. The van der Waals surface area contributed by atoms with Crippen LogP contribution in [0.5, 0.6) is 5.75 Å². The van der Waals surface area contributed by atoms with Gasteiger partial charge in [0.2, 0.25) is 0 Å². The Balaban J connectivity index is 1.34. The second-order valence-electron chi connectivity index (χ2n) is 7.11. The molecule has 0 saturated carbocycles. The fraction of sp³-hybridized carbons (Fsp3) is 0.364. The van der Waals surface area contributed by atoms with Gasteiger partial charge in [0.05, 0.1) is 12.7 Å². The average molecular weight is 431 g/mol. The number of methoxy groups -OCH3 is 1. The van der Waals surface area contributed by atoms with Crippen molar-refractivity contribution in [3.05, 3.63) is 53.1 Å². The molecule has 2 aromatic carbocycles. The van der Waals surface area contributed by atoms with Crippen molar-refractivity contribution in [3.8, 4) is 5.75 Å². The Kier molecular flexibility index (Phi) is 7.93. The quantitative estimate of drug-likeness (QED) is 0.495. The van der Waals surface area contributed by atoms with Gasteiger partial charge in [0.1, 0.15) is 5.75 Å². The fourth-order valence-electron chi connectivity index (χ4n) is 3.47. The SMILES string of the molecule is COc1ccc(NC(=O)NCCCN2CCN(c3ccc(Cl)cc3)CC2)cc1C=O. The summed E-state index contributed by atoms with van der Waals surface area (Å²) < 4.78 is 5.10. The number of nitrogens with one attached hydrogen (secondary N) is 2. The second-order valence-corrected chi connectivity index (χ2v) is 7.55. The first kappa shape index (κ1) is 21.9. The van der Waals surface area contributed by atoms with E-state index in [2.05, 4.69) is 32.6 Å². The summed E-state index contributed by atoms with van der Waals surface area (Å²) in [7, 11) is 1.50. The zero-order valence-corrected chi connectivity index (χ0v) is 17.8. The number of carbonyl (C=O) groups excluding carboxylic acids is 2. The number of nitrogens with zero attached hydrogens (tertiary/aromatic N) is 2. The molecule has 0 radical (unpaired) electrons. The molecule has 1 heterocycles. The van der Waals surface area contributed by atoms with Crippen molar-refractivity contribution in [2.24, 2.45) is 0 Å². The zero-order valence-electron chi connectivity index (χ0n) is 17.1. The first-order valence-corrected chi connectivity index (χ1v) is 10.4. The largest absolute Gasteiger partial charge is 0.496 e. The Bertz CT molecular complexity index is 852. The van der Waals surface area contributed by atoms with Crippen LogP contribution < -0.4 is 20.3 Å². The summed E-state index contributed by atoms with van der Waals surface area (Å²) in [6, 6.07) is 12.6. The Morgan fingerprint density at radius 2 is 1.87 bits per heavy atom. The van der Waals surface area contributed by atoms with Crippen molar-refractivity contribution in [1.29, 1.82) is 0 Å². The molecule has 0 aliphatic carbocycles. The van der Waals surface area contributed by atoms with Crippen LogP contribution in [0.15, 0.2) is 42.5 Å². The molecule has 1 fully saturated rings. The van der Waals surface area contributed by atoms with Gasteiger partial charge >= 0.3 is 6.03 Å². The molecule has 0 aromatic heterocycles. The van der Waals surface area contributed by atoms with Gasteiger partial charge in [-0.1, -0.05) is 11.6 Å². The van der Waals surface area contributed by atoms with Crippen LogP contribution in [0.4, 0.5) is 16.2 Å². The number of urea groups is 1. The molecule has 2 amide bonds. The summed E-state index contributed by atoms with van der Waals surface area (Å²) in [6.07, 6.45) is 1.57. The lowest BCUT2D eigenvalue weighted by Crippen LogP contribution is -2.47. The molecule has 8 heteroatoms. The van der Waals surface area contributed by atoms with Gasteiger partial charge in [-0.2, -0.15) is 0 Å². The molecule has 1 saturated heterocycles. The number of carbonyl (C=O) groups is 2. The predicted molar refractivity (Wildman–Crippen MR) is 120 cm³/mol. The van der Waals surface area contributed by atoms with E-state index in [1.165, 1.54) is 12.8 Å². The average Bonchev–Trinajstić information content (AvgIpc) is 2.77. The van der Waals surface area contributed by atoms with Crippen molar-refractivity contribution >= 4 is 35.3 Å². The summed E-state index contributed by atoms with van der Waals surface area (Å²) in [5, 5.41) is 6.35. The lowest BCUT2D eigenvalue weighted by Gasteiger charge is -2.36. The Morgan fingerprint density at radius 3 is 2.53 bits per heavy atom. The maximum Gasteiger partial charge on any atom is 0.319 e. The summed E-state index contributed by atoms with van der Waals surface area (Å²) in [5.74, 6) is 0.479. The molecule has 0 spiro atoms. The van der Waals surface area contributed by atoms with E-state index >= 15 is 0 Å². The highest BCUT2D eigenvalue weighted by atomic mass is 35.5. The maximum absolute atomic E-state index is 12.1. The highest BCUT2D eigenvalue weighted by Gasteiger charge is 2.16. The summed E-state index contributed by atoms with van der Waals surface area (Å²) >= 11 is 5.96. The number of halogens is 1. The van der Waals surface area contributed by atoms with Crippen molar-refractivity contribution in [3.63, 3.8) is 0 Å². The molecule has 2 N–H and O–H groups in total. The van der Waals surface area contributed by atoms with Gasteiger partial charge in [0, 0.05) is 49.1 Å². The van der Waals surface area contributed by atoms with Gasteiger partial charge in [-0.15, -0.1) is 0 Å². The van der Waals surface area contributed by atoms with Crippen LogP contribution in [0.1, 0.15) is 16.8 Å². The van der Waals surface area contributed by atoms with Gasteiger partial charge in [0.15, 0.2) is 6.29 Å². The number of hydrogen-bond acceptors (Lipinski definition) is 5. The standard InChI is InChI=1S/C22H27ClN4O3/c1-30-21-8-5-19(15-17(21)16-28)25-22(29)24-9-2-10-26-11-13-27(14-12-26)20-6-3-18(23)4-7-20/h3-8,15-16H,2,9-14H2,1H3,(H2,24,25,29). The van der Waals surface area contributed by atoms with Gasteiger partial charge in [-0.3, -0.25) is 9.69 Å². The van der Waals surface area contributed by atoms with E-state index in [4.69, 9.17) is 16.3 Å². The van der Waals surface area contributed by atoms with E-state index in [0.29, 0.717) is 29.8 Å². The normalized spacial score (nSPS) is 14.3. The Labute approximate surface area is 181 Å². The molecule has 7 nitrogen and oxygen atoms in total. The smallest absolute Gasteiger partial charge is 0.319 e. The molecule has 3 rings (SSSR count). The number of ether oxygens (including phenoxy) is 1. The van der Waals surface area contributed by atoms with Crippen LogP contribution in [-0.4, -0.2) is 63.6 Å². The molecule has 160 valence electrons. The van der Waals surface area contributed by atoms with E-state index in [-0.39, 0.29) is 6.03 Å². The van der Waals surface area contributed by atoms with Crippen molar-refractivity contribution < 1.29 is 14.3 Å². The highest BCUT2D eigenvalue weighted by molar-refractivity contribution is 6.30. The molecule has 1 aliphatic heterocycles. The second kappa shape index (κ2) is 10.8. The highest BCUT2D eigenvalue weighted by Crippen LogP contribution is 2.21. The maximum atomic E-state index is 12.1.